The molecule has 1 aromatic heterocycles. The summed E-state index contributed by atoms with van der Waals surface area (Å²) in [5, 5.41) is 5.00. The van der Waals surface area contributed by atoms with Crippen LogP contribution in [0.2, 0.25) is 0 Å². The molecule has 18 heavy (non-hydrogen) atoms. The number of aromatic nitrogens is 1. The van der Waals surface area contributed by atoms with E-state index < -0.39 is 0 Å². The number of aliphatic imine (C=N–C) groups is 1. The number of amides is 1. The van der Waals surface area contributed by atoms with Gasteiger partial charge in [0, 0.05) is 24.2 Å². The van der Waals surface area contributed by atoms with E-state index in [1.54, 1.807) is 12.4 Å². The molecule has 0 saturated carbocycles. The van der Waals surface area contributed by atoms with Crippen LogP contribution in [0.1, 0.15) is 12.8 Å². The summed E-state index contributed by atoms with van der Waals surface area (Å²) in [5.74, 6) is 0.798. The topological polar surface area (TPSA) is 54.4 Å². The van der Waals surface area contributed by atoms with Crippen LogP contribution in [-0.4, -0.2) is 23.1 Å². The minimum absolute atomic E-state index is 0.0401. The number of nitrogens with one attached hydrogen (secondary N) is 1. The highest BCUT2D eigenvalue weighted by Crippen LogP contribution is 2.22. The molecule has 4 heteroatoms. The highest BCUT2D eigenvalue weighted by Gasteiger charge is 2.18. The van der Waals surface area contributed by atoms with Crippen LogP contribution >= 0.6 is 0 Å². The number of carbonyl (C=O) groups excluding carboxylic acids is 1. The molecule has 1 aliphatic rings. The Morgan fingerprint density at radius 3 is 3.06 bits per heavy atom. The summed E-state index contributed by atoms with van der Waals surface area (Å²) in [6.45, 7) is 0. The Morgan fingerprint density at radius 1 is 1.33 bits per heavy atom. The molecule has 0 bridgehead atoms. The van der Waals surface area contributed by atoms with Crippen molar-refractivity contribution in [3.63, 3.8) is 0 Å². The maximum Gasteiger partial charge on any atom is 0.220 e. The van der Waals surface area contributed by atoms with Crippen molar-refractivity contribution in [1.82, 2.24) is 10.3 Å². The van der Waals surface area contributed by atoms with Gasteiger partial charge in [0.05, 0.1) is 6.04 Å². The first-order valence-corrected chi connectivity index (χ1v) is 6.00. The molecule has 1 amide bonds. The molecule has 1 unspecified atom stereocenters. The van der Waals surface area contributed by atoms with Crippen molar-refractivity contribution in [2.24, 2.45) is 4.99 Å². The average Bonchev–Trinajstić information content (AvgIpc) is 2.82. The van der Waals surface area contributed by atoms with Crippen LogP contribution in [0.15, 0.2) is 41.5 Å². The van der Waals surface area contributed by atoms with Gasteiger partial charge < -0.3 is 5.32 Å². The molecule has 1 saturated heterocycles. The second-order valence-electron chi connectivity index (χ2n) is 4.35. The lowest BCUT2D eigenvalue weighted by Gasteiger charge is -2.03. The summed E-state index contributed by atoms with van der Waals surface area (Å²) in [7, 11) is 0. The zero-order valence-corrected chi connectivity index (χ0v) is 9.84. The normalized spacial score (nSPS) is 19.6. The number of pyridine rings is 1. The van der Waals surface area contributed by atoms with Crippen molar-refractivity contribution in [2.75, 3.05) is 0 Å². The zero-order chi connectivity index (χ0) is 12.4. The molecule has 90 valence electrons. The molecule has 1 atom stereocenters. The van der Waals surface area contributed by atoms with E-state index in [1.165, 1.54) is 0 Å². The van der Waals surface area contributed by atoms with Crippen LogP contribution < -0.4 is 5.32 Å². The Morgan fingerprint density at radius 2 is 2.22 bits per heavy atom. The quantitative estimate of drug-likeness (QED) is 0.817. The Balaban J connectivity index is 1.90. The van der Waals surface area contributed by atoms with Crippen LogP contribution in [0.4, 0.5) is 5.82 Å². The second kappa shape index (κ2) is 4.56. The number of hydrogen-bond acceptors (Lipinski definition) is 3. The van der Waals surface area contributed by atoms with Crippen molar-refractivity contribution in [1.29, 1.82) is 0 Å². The average molecular weight is 239 g/mol. The number of rotatable bonds is 2. The standard InChI is InChI=1S/C14H13N3O/c18-13-6-5-11(17-13)9-16-14-12-4-2-1-3-10(12)7-8-15-14/h1-4,7-9,11H,5-6H2,(H,17,18)/b16-9+. The molecule has 1 aliphatic heterocycles. The summed E-state index contributed by atoms with van der Waals surface area (Å²) in [4.78, 5) is 19.8. The number of hydrogen-bond donors (Lipinski definition) is 1. The maximum absolute atomic E-state index is 11.1. The fraction of sp³-hybridized carbons (Fsp3) is 0.214. The highest BCUT2D eigenvalue weighted by molar-refractivity contribution is 5.92. The van der Waals surface area contributed by atoms with Crippen molar-refractivity contribution >= 4 is 28.7 Å². The number of benzene rings is 1. The van der Waals surface area contributed by atoms with Gasteiger partial charge in [0.15, 0.2) is 5.82 Å². The Bertz CT molecular complexity index is 616. The molecule has 1 fully saturated rings. The van der Waals surface area contributed by atoms with Gasteiger partial charge in [0.2, 0.25) is 5.91 Å². The molecule has 1 aromatic carbocycles. The first-order chi connectivity index (χ1) is 8.83. The number of fused-ring (bicyclic) bond motifs is 1. The molecule has 0 spiro atoms. The van der Waals surface area contributed by atoms with Crippen molar-refractivity contribution in [2.45, 2.75) is 18.9 Å². The third-order valence-electron chi connectivity index (χ3n) is 3.06. The van der Waals surface area contributed by atoms with E-state index in [0.717, 1.165) is 17.2 Å². The Labute approximate surface area is 105 Å². The summed E-state index contributed by atoms with van der Waals surface area (Å²) >= 11 is 0. The van der Waals surface area contributed by atoms with Crippen LogP contribution in [-0.2, 0) is 4.79 Å². The molecule has 0 aliphatic carbocycles. The smallest absolute Gasteiger partial charge is 0.220 e. The summed E-state index contributed by atoms with van der Waals surface area (Å²) in [5.41, 5.74) is 0. The predicted molar refractivity (Wildman–Crippen MR) is 71.1 cm³/mol. The lowest BCUT2D eigenvalue weighted by Crippen LogP contribution is -2.26. The molecule has 2 heterocycles. The molecular formula is C14H13N3O. The van der Waals surface area contributed by atoms with E-state index in [9.17, 15) is 4.79 Å². The number of nitrogens with zero attached hydrogens (tertiary/aromatic N) is 2. The van der Waals surface area contributed by atoms with Crippen molar-refractivity contribution in [3.05, 3.63) is 36.5 Å². The molecule has 3 rings (SSSR count). The highest BCUT2D eigenvalue weighted by atomic mass is 16.1. The van der Waals surface area contributed by atoms with Crippen molar-refractivity contribution in [3.8, 4) is 0 Å². The summed E-state index contributed by atoms with van der Waals surface area (Å²) in [6, 6.07) is 10.0. The molecule has 1 N–H and O–H groups in total. The fourth-order valence-electron chi connectivity index (χ4n) is 2.12. The third-order valence-corrected chi connectivity index (χ3v) is 3.06. The lowest BCUT2D eigenvalue weighted by atomic mass is 10.1. The maximum atomic E-state index is 11.1. The van der Waals surface area contributed by atoms with Gasteiger partial charge in [0.1, 0.15) is 0 Å². The molecular weight excluding hydrogens is 226 g/mol. The van der Waals surface area contributed by atoms with E-state index in [4.69, 9.17) is 0 Å². The first kappa shape index (κ1) is 10.9. The fourth-order valence-corrected chi connectivity index (χ4v) is 2.12. The van der Waals surface area contributed by atoms with Crippen LogP contribution in [0.25, 0.3) is 10.8 Å². The lowest BCUT2D eigenvalue weighted by molar-refractivity contribution is -0.119. The van der Waals surface area contributed by atoms with Crippen LogP contribution in [0, 0.1) is 0 Å². The van der Waals surface area contributed by atoms with E-state index in [1.807, 2.05) is 30.3 Å². The van der Waals surface area contributed by atoms with Gasteiger partial charge in [-0.2, -0.15) is 0 Å². The van der Waals surface area contributed by atoms with Crippen LogP contribution in [0.5, 0.6) is 0 Å². The van der Waals surface area contributed by atoms with E-state index in [-0.39, 0.29) is 11.9 Å². The molecule has 0 radical (unpaired) electrons. The molecule has 2 aromatic rings. The SMILES string of the molecule is O=C1CCC(/C=N/c2nccc3ccccc23)N1. The Kier molecular flexibility index (Phi) is 2.76. The minimum Gasteiger partial charge on any atom is -0.348 e. The van der Waals surface area contributed by atoms with Crippen LogP contribution in [0.3, 0.4) is 0 Å². The van der Waals surface area contributed by atoms with Gasteiger partial charge in [-0.3, -0.25) is 4.79 Å². The predicted octanol–water partition coefficient (Wildman–Crippen LogP) is 2.22. The monoisotopic (exact) mass is 239 g/mol. The van der Waals surface area contributed by atoms with Gasteiger partial charge in [-0.15, -0.1) is 0 Å². The van der Waals surface area contributed by atoms with Crippen molar-refractivity contribution < 1.29 is 4.79 Å². The summed E-state index contributed by atoms with van der Waals surface area (Å²) in [6.07, 6.45) is 4.93. The van der Waals surface area contributed by atoms with E-state index in [2.05, 4.69) is 15.3 Å². The number of carbonyl (C=O) groups is 1. The minimum atomic E-state index is 0.0401. The largest absolute Gasteiger partial charge is 0.348 e. The van der Waals surface area contributed by atoms with Gasteiger partial charge in [-0.25, -0.2) is 9.98 Å². The van der Waals surface area contributed by atoms with Gasteiger partial charge >= 0.3 is 0 Å². The summed E-state index contributed by atoms with van der Waals surface area (Å²) < 4.78 is 0. The van der Waals surface area contributed by atoms with E-state index in [0.29, 0.717) is 12.2 Å². The van der Waals surface area contributed by atoms with E-state index >= 15 is 0 Å². The second-order valence-corrected chi connectivity index (χ2v) is 4.35. The first-order valence-electron chi connectivity index (χ1n) is 6.00. The Hall–Kier alpha value is -2.23. The zero-order valence-electron chi connectivity index (χ0n) is 9.84. The van der Waals surface area contributed by atoms with Gasteiger partial charge in [-0.1, -0.05) is 24.3 Å². The van der Waals surface area contributed by atoms with Gasteiger partial charge in [0.25, 0.3) is 0 Å². The third kappa shape index (κ3) is 2.09. The molecule has 4 nitrogen and oxygen atoms in total. The van der Waals surface area contributed by atoms with Gasteiger partial charge in [-0.05, 0) is 17.9 Å².